The third-order valence-electron chi connectivity index (χ3n) is 4.65. The number of imidazole rings is 1. The Morgan fingerprint density at radius 1 is 1.23 bits per heavy atom. The minimum atomic E-state index is -3.71. The van der Waals surface area contributed by atoms with Crippen LogP contribution in [0.3, 0.4) is 0 Å². The van der Waals surface area contributed by atoms with Gasteiger partial charge in [-0.25, -0.2) is 13.4 Å². The molecule has 26 heavy (non-hydrogen) atoms. The summed E-state index contributed by atoms with van der Waals surface area (Å²) in [6.07, 6.45) is 3.47. The number of aromatic nitrogens is 3. The Morgan fingerprint density at radius 3 is 2.85 bits per heavy atom. The maximum atomic E-state index is 13.3. The van der Waals surface area contributed by atoms with Crippen molar-refractivity contribution in [1.82, 2.24) is 24.2 Å². The van der Waals surface area contributed by atoms with E-state index in [1.807, 2.05) is 11.6 Å². The van der Waals surface area contributed by atoms with Crippen molar-refractivity contribution < 1.29 is 8.42 Å². The number of benzene rings is 1. The van der Waals surface area contributed by atoms with E-state index in [-0.39, 0.29) is 16.5 Å². The molecular formula is C17H19N5O3S. The molecule has 9 heteroatoms. The van der Waals surface area contributed by atoms with Crippen LogP contribution in [0.2, 0.25) is 0 Å². The van der Waals surface area contributed by atoms with Crippen LogP contribution in [-0.4, -0.2) is 46.9 Å². The Balaban J connectivity index is 1.78. The molecule has 2 N–H and O–H groups in total. The number of piperazine rings is 1. The molecule has 1 atom stereocenters. The highest BCUT2D eigenvalue weighted by Gasteiger charge is 2.36. The zero-order valence-corrected chi connectivity index (χ0v) is 15.0. The maximum Gasteiger partial charge on any atom is 0.248 e. The number of hydrogen-bond acceptors (Lipinski definition) is 5. The van der Waals surface area contributed by atoms with Gasteiger partial charge in [-0.3, -0.25) is 4.79 Å². The van der Waals surface area contributed by atoms with Crippen molar-refractivity contribution in [3.63, 3.8) is 0 Å². The van der Waals surface area contributed by atoms with Gasteiger partial charge in [0, 0.05) is 50.7 Å². The first-order valence-electron chi connectivity index (χ1n) is 8.30. The summed E-state index contributed by atoms with van der Waals surface area (Å²) in [6.45, 7) is 1.45. The van der Waals surface area contributed by atoms with Crippen LogP contribution in [0.25, 0.3) is 10.9 Å². The van der Waals surface area contributed by atoms with Gasteiger partial charge in [0.1, 0.15) is 5.82 Å². The molecule has 1 unspecified atom stereocenters. The van der Waals surface area contributed by atoms with Crippen molar-refractivity contribution in [3.8, 4) is 0 Å². The molecule has 1 fully saturated rings. The molecule has 0 aliphatic carbocycles. The summed E-state index contributed by atoms with van der Waals surface area (Å²) in [6, 6.07) is 7.40. The second-order valence-corrected chi connectivity index (χ2v) is 8.19. The Hall–Kier alpha value is -2.49. The molecule has 0 spiro atoms. The van der Waals surface area contributed by atoms with Gasteiger partial charge < -0.3 is 14.9 Å². The summed E-state index contributed by atoms with van der Waals surface area (Å²) in [4.78, 5) is 18.7. The number of aryl methyl sites for hydroxylation is 1. The third kappa shape index (κ3) is 2.83. The summed E-state index contributed by atoms with van der Waals surface area (Å²) >= 11 is 0. The molecule has 3 heterocycles. The Bertz CT molecular complexity index is 1120. The first kappa shape index (κ1) is 17.0. The quantitative estimate of drug-likeness (QED) is 0.700. The minimum absolute atomic E-state index is 0.207. The maximum absolute atomic E-state index is 13.3. The van der Waals surface area contributed by atoms with Crippen molar-refractivity contribution in [2.45, 2.75) is 10.9 Å². The molecule has 136 valence electrons. The highest BCUT2D eigenvalue weighted by atomic mass is 32.2. The van der Waals surface area contributed by atoms with Crippen molar-refractivity contribution in [1.29, 1.82) is 0 Å². The average Bonchev–Trinajstić information content (AvgIpc) is 3.07. The van der Waals surface area contributed by atoms with Crippen LogP contribution < -0.4 is 10.9 Å². The number of hydrogen-bond donors (Lipinski definition) is 2. The molecule has 1 aliphatic rings. The topological polar surface area (TPSA) is 100 Å². The molecule has 0 radical (unpaired) electrons. The van der Waals surface area contributed by atoms with Crippen LogP contribution in [-0.2, 0) is 17.1 Å². The molecule has 1 aromatic carbocycles. The second kappa shape index (κ2) is 6.35. The highest BCUT2D eigenvalue weighted by Crippen LogP contribution is 2.29. The fourth-order valence-electron chi connectivity index (χ4n) is 3.32. The van der Waals surface area contributed by atoms with Gasteiger partial charge >= 0.3 is 0 Å². The Kier molecular flexibility index (Phi) is 4.14. The molecule has 1 saturated heterocycles. The normalized spacial score (nSPS) is 19.0. The molecule has 3 aromatic rings. The number of fused-ring (bicyclic) bond motifs is 1. The van der Waals surface area contributed by atoms with Crippen molar-refractivity contribution in [2.75, 3.05) is 19.6 Å². The van der Waals surface area contributed by atoms with Crippen LogP contribution in [0.1, 0.15) is 11.9 Å². The molecule has 0 saturated carbocycles. The number of nitrogens with zero attached hydrogens (tertiary/aromatic N) is 3. The lowest BCUT2D eigenvalue weighted by atomic mass is 10.2. The van der Waals surface area contributed by atoms with E-state index < -0.39 is 10.0 Å². The molecule has 1 aliphatic heterocycles. The van der Waals surface area contributed by atoms with Crippen LogP contribution in [0.4, 0.5) is 0 Å². The minimum Gasteiger partial charge on any atom is -0.337 e. The van der Waals surface area contributed by atoms with Crippen LogP contribution in [0, 0.1) is 0 Å². The average molecular weight is 373 g/mol. The van der Waals surface area contributed by atoms with E-state index >= 15 is 0 Å². The van der Waals surface area contributed by atoms with E-state index in [1.165, 1.54) is 16.4 Å². The number of H-pyrrole nitrogens is 1. The Morgan fingerprint density at radius 2 is 2.08 bits per heavy atom. The van der Waals surface area contributed by atoms with Crippen molar-refractivity contribution in [2.24, 2.45) is 7.05 Å². The van der Waals surface area contributed by atoms with E-state index in [0.717, 1.165) is 0 Å². The summed E-state index contributed by atoms with van der Waals surface area (Å²) < 4.78 is 29.9. The standard InChI is InChI=1S/C17H19N5O3S/c1-21-8-7-19-17(21)15-11-18-6-9-22(15)26(24,25)13-3-4-14-12(10-13)2-5-16(23)20-14/h2-5,7-8,10,15,18H,6,9,11H2,1H3,(H,20,23). The molecule has 4 rings (SSSR count). The van der Waals surface area contributed by atoms with Crippen LogP contribution in [0.5, 0.6) is 0 Å². The number of rotatable bonds is 3. The molecule has 8 nitrogen and oxygen atoms in total. The van der Waals surface area contributed by atoms with Gasteiger partial charge in [-0.1, -0.05) is 0 Å². The number of aromatic amines is 1. The smallest absolute Gasteiger partial charge is 0.248 e. The summed E-state index contributed by atoms with van der Waals surface area (Å²) in [5, 5.41) is 3.92. The van der Waals surface area contributed by atoms with Crippen molar-refractivity contribution >= 4 is 20.9 Å². The van der Waals surface area contributed by atoms with E-state index in [9.17, 15) is 13.2 Å². The first-order valence-corrected chi connectivity index (χ1v) is 9.74. The fraction of sp³-hybridized carbons (Fsp3) is 0.294. The zero-order valence-electron chi connectivity index (χ0n) is 14.2. The monoisotopic (exact) mass is 373 g/mol. The van der Waals surface area contributed by atoms with Crippen LogP contribution in [0.15, 0.2) is 52.4 Å². The van der Waals surface area contributed by atoms with Crippen LogP contribution >= 0.6 is 0 Å². The number of nitrogens with one attached hydrogen (secondary N) is 2. The van der Waals surface area contributed by atoms with Gasteiger partial charge in [-0.15, -0.1) is 0 Å². The van der Waals surface area contributed by atoms with Gasteiger partial charge in [0.05, 0.1) is 10.9 Å². The van der Waals surface area contributed by atoms with Gasteiger partial charge in [-0.2, -0.15) is 4.31 Å². The predicted octanol–water partition coefficient (Wildman–Crippen LogP) is 0.597. The highest BCUT2D eigenvalue weighted by molar-refractivity contribution is 7.89. The molecular weight excluding hydrogens is 354 g/mol. The number of pyridine rings is 1. The Labute approximate surface area is 150 Å². The summed E-state index contributed by atoms with van der Waals surface area (Å²) in [5.41, 5.74) is 0.391. The molecule has 0 bridgehead atoms. The van der Waals surface area contributed by atoms with E-state index in [0.29, 0.717) is 36.4 Å². The van der Waals surface area contributed by atoms with Gasteiger partial charge in [0.25, 0.3) is 0 Å². The van der Waals surface area contributed by atoms with E-state index in [4.69, 9.17) is 0 Å². The largest absolute Gasteiger partial charge is 0.337 e. The van der Waals surface area contributed by atoms with Gasteiger partial charge in [0.15, 0.2) is 0 Å². The molecule has 0 amide bonds. The predicted molar refractivity (Wildman–Crippen MR) is 97.3 cm³/mol. The van der Waals surface area contributed by atoms with Gasteiger partial charge in [-0.05, 0) is 29.7 Å². The van der Waals surface area contributed by atoms with Gasteiger partial charge in [0.2, 0.25) is 15.6 Å². The zero-order chi connectivity index (χ0) is 18.3. The lowest BCUT2D eigenvalue weighted by Crippen LogP contribution is -2.49. The number of sulfonamides is 1. The van der Waals surface area contributed by atoms with E-state index in [2.05, 4.69) is 15.3 Å². The molecule has 2 aromatic heterocycles. The van der Waals surface area contributed by atoms with E-state index in [1.54, 1.807) is 30.6 Å². The lowest BCUT2D eigenvalue weighted by molar-refractivity contribution is 0.258. The van der Waals surface area contributed by atoms with Crippen molar-refractivity contribution in [3.05, 3.63) is 58.9 Å². The fourth-order valence-corrected chi connectivity index (χ4v) is 4.94. The third-order valence-corrected chi connectivity index (χ3v) is 6.56. The first-order chi connectivity index (χ1) is 12.5. The second-order valence-electron chi connectivity index (χ2n) is 6.30. The summed E-state index contributed by atoms with van der Waals surface area (Å²) in [7, 11) is -1.85. The lowest BCUT2D eigenvalue weighted by Gasteiger charge is -2.34. The summed E-state index contributed by atoms with van der Waals surface area (Å²) in [5.74, 6) is 0.700. The SMILES string of the molecule is Cn1ccnc1C1CNCCN1S(=O)(=O)c1ccc2[nH]c(=O)ccc2c1.